The van der Waals surface area contributed by atoms with Crippen molar-refractivity contribution < 1.29 is 9.53 Å². The fraction of sp³-hybridized carbons (Fsp3) is 0.320. The predicted molar refractivity (Wildman–Crippen MR) is 127 cm³/mol. The molecule has 0 spiro atoms. The van der Waals surface area contributed by atoms with Gasteiger partial charge in [-0.15, -0.1) is 11.3 Å². The van der Waals surface area contributed by atoms with E-state index in [1.165, 1.54) is 11.1 Å². The Morgan fingerprint density at radius 3 is 2.84 bits per heavy atom. The summed E-state index contributed by atoms with van der Waals surface area (Å²) < 4.78 is 5.73. The number of urea groups is 1. The first-order valence-corrected chi connectivity index (χ1v) is 11.5. The maximum atomic E-state index is 12.1. The smallest absolute Gasteiger partial charge is 0.317 e. The summed E-state index contributed by atoms with van der Waals surface area (Å²) in [6, 6.07) is 14.1. The number of ether oxygens (including phenoxy) is 1. The van der Waals surface area contributed by atoms with Crippen LogP contribution in [0.25, 0.3) is 21.0 Å². The average molecular weight is 447 g/mol. The Kier molecular flexibility index (Phi) is 6.15. The Labute approximate surface area is 192 Å². The molecule has 4 rings (SSSR count). The lowest BCUT2D eigenvalue weighted by Gasteiger charge is -2.18. The molecule has 164 valence electrons. The van der Waals surface area contributed by atoms with Crippen molar-refractivity contribution in [1.82, 2.24) is 15.2 Å². The third-order valence-electron chi connectivity index (χ3n) is 5.46. The maximum Gasteiger partial charge on any atom is 0.317 e. The van der Waals surface area contributed by atoms with Crippen molar-refractivity contribution in [3.63, 3.8) is 0 Å². The van der Waals surface area contributed by atoms with Crippen LogP contribution in [0.2, 0.25) is 0 Å². The fourth-order valence-electron chi connectivity index (χ4n) is 3.95. The summed E-state index contributed by atoms with van der Waals surface area (Å²) in [6.07, 6.45) is 3.70. The quantitative estimate of drug-likeness (QED) is 0.570. The van der Waals surface area contributed by atoms with Crippen molar-refractivity contribution in [2.45, 2.75) is 38.8 Å². The zero-order valence-electron chi connectivity index (χ0n) is 18.7. The molecule has 1 aliphatic rings. The lowest BCUT2D eigenvalue weighted by atomic mass is 10.0. The van der Waals surface area contributed by atoms with Crippen molar-refractivity contribution in [3.8, 4) is 32.8 Å². The number of nitrogens with one attached hydrogen (secondary N) is 1. The van der Waals surface area contributed by atoms with E-state index in [1.54, 1.807) is 30.3 Å². The van der Waals surface area contributed by atoms with E-state index in [9.17, 15) is 10.1 Å². The highest BCUT2D eigenvalue weighted by atomic mass is 32.1. The standard InChI is InChI=1S/C25H26N4O2S/c1-15(2)31-22-11-8-16(12-17(22)13-26)24-27-14-23(32-24)20-7-5-6-19-18(20)9-10-21(19)28-25(30)29(3)4/h5-8,11-12,14-15,21H,9-10H2,1-4H3,(H,28,30)/t21-/m0/s1. The van der Waals surface area contributed by atoms with Crippen LogP contribution in [0.4, 0.5) is 4.79 Å². The van der Waals surface area contributed by atoms with Gasteiger partial charge in [-0.05, 0) is 61.6 Å². The highest BCUT2D eigenvalue weighted by molar-refractivity contribution is 7.18. The van der Waals surface area contributed by atoms with Gasteiger partial charge in [0.05, 0.1) is 22.6 Å². The van der Waals surface area contributed by atoms with Gasteiger partial charge in [-0.25, -0.2) is 9.78 Å². The third kappa shape index (κ3) is 4.32. The van der Waals surface area contributed by atoms with Crippen molar-refractivity contribution in [3.05, 3.63) is 59.3 Å². The van der Waals surface area contributed by atoms with Gasteiger partial charge >= 0.3 is 6.03 Å². The first kappa shape index (κ1) is 21.8. The topological polar surface area (TPSA) is 78.2 Å². The van der Waals surface area contributed by atoms with Gasteiger partial charge in [0, 0.05) is 25.9 Å². The zero-order chi connectivity index (χ0) is 22.8. The number of aromatic nitrogens is 1. The van der Waals surface area contributed by atoms with Gasteiger partial charge in [0.1, 0.15) is 16.8 Å². The molecule has 3 aromatic rings. The third-order valence-corrected chi connectivity index (χ3v) is 6.54. The molecule has 6 nitrogen and oxygen atoms in total. The summed E-state index contributed by atoms with van der Waals surface area (Å²) in [7, 11) is 3.50. The summed E-state index contributed by atoms with van der Waals surface area (Å²) in [5, 5.41) is 13.5. The van der Waals surface area contributed by atoms with Crippen molar-refractivity contribution in [2.24, 2.45) is 0 Å². The van der Waals surface area contributed by atoms with E-state index in [1.807, 2.05) is 44.3 Å². The molecule has 32 heavy (non-hydrogen) atoms. The number of nitriles is 1. The molecule has 1 heterocycles. The highest BCUT2D eigenvalue weighted by Crippen LogP contribution is 2.41. The van der Waals surface area contributed by atoms with E-state index in [0.717, 1.165) is 33.9 Å². The number of hydrogen-bond acceptors (Lipinski definition) is 5. The highest BCUT2D eigenvalue weighted by Gasteiger charge is 2.27. The maximum absolute atomic E-state index is 12.1. The Morgan fingerprint density at radius 1 is 1.31 bits per heavy atom. The molecule has 1 atom stereocenters. The minimum atomic E-state index is -0.0773. The molecule has 2 amide bonds. The second-order valence-corrected chi connectivity index (χ2v) is 9.36. The van der Waals surface area contributed by atoms with Gasteiger partial charge in [0.2, 0.25) is 0 Å². The number of nitrogens with zero attached hydrogens (tertiary/aromatic N) is 3. The molecular formula is C25H26N4O2S. The van der Waals surface area contributed by atoms with Crippen LogP contribution in [-0.2, 0) is 6.42 Å². The molecule has 0 unspecified atom stereocenters. The van der Waals surface area contributed by atoms with Gasteiger partial charge in [-0.1, -0.05) is 18.2 Å². The molecule has 1 aliphatic carbocycles. The number of rotatable bonds is 5. The van der Waals surface area contributed by atoms with Gasteiger partial charge in [-0.3, -0.25) is 0 Å². The number of carbonyl (C=O) groups is 1. The molecule has 0 saturated carbocycles. The van der Waals surface area contributed by atoms with Crippen LogP contribution in [0.1, 0.15) is 43.0 Å². The van der Waals surface area contributed by atoms with Crippen LogP contribution in [0, 0.1) is 11.3 Å². The monoisotopic (exact) mass is 446 g/mol. The largest absolute Gasteiger partial charge is 0.490 e. The Bertz CT molecular complexity index is 1190. The Morgan fingerprint density at radius 2 is 2.12 bits per heavy atom. The van der Waals surface area contributed by atoms with E-state index in [0.29, 0.717) is 11.3 Å². The van der Waals surface area contributed by atoms with E-state index < -0.39 is 0 Å². The van der Waals surface area contributed by atoms with Gasteiger partial charge in [0.25, 0.3) is 0 Å². The molecule has 0 bridgehead atoms. The first-order chi connectivity index (χ1) is 15.4. The second-order valence-electron chi connectivity index (χ2n) is 8.33. The summed E-state index contributed by atoms with van der Waals surface area (Å²) >= 11 is 1.61. The van der Waals surface area contributed by atoms with E-state index in [2.05, 4.69) is 28.5 Å². The normalized spacial score (nSPS) is 14.7. The molecule has 0 fully saturated rings. The molecule has 0 radical (unpaired) electrons. The van der Waals surface area contributed by atoms with Crippen molar-refractivity contribution in [1.29, 1.82) is 5.26 Å². The fourth-order valence-corrected chi connectivity index (χ4v) is 4.92. The Balaban J connectivity index is 1.62. The predicted octanol–water partition coefficient (Wildman–Crippen LogP) is 5.39. The van der Waals surface area contributed by atoms with Crippen molar-refractivity contribution >= 4 is 17.4 Å². The SMILES string of the molecule is CC(C)Oc1ccc(-c2ncc(-c3cccc4c3CC[C@@H]4NC(=O)N(C)C)s2)cc1C#N. The number of benzene rings is 2. The van der Waals surface area contributed by atoms with Gasteiger partial charge in [-0.2, -0.15) is 5.26 Å². The van der Waals surface area contributed by atoms with Crippen LogP contribution in [0.5, 0.6) is 5.75 Å². The van der Waals surface area contributed by atoms with E-state index >= 15 is 0 Å². The number of amides is 2. The van der Waals surface area contributed by atoms with Crippen LogP contribution < -0.4 is 10.1 Å². The van der Waals surface area contributed by atoms with Crippen LogP contribution >= 0.6 is 11.3 Å². The summed E-state index contributed by atoms with van der Waals surface area (Å²) in [6.45, 7) is 3.88. The minimum absolute atomic E-state index is 0.00549. The van der Waals surface area contributed by atoms with Crippen molar-refractivity contribution in [2.75, 3.05) is 14.1 Å². The second kappa shape index (κ2) is 9.01. The van der Waals surface area contributed by atoms with Gasteiger partial charge in [0.15, 0.2) is 0 Å². The molecule has 1 N–H and O–H groups in total. The lowest BCUT2D eigenvalue weighted by molar-refractivity contribution is 0.213. The lowest BCUT2D eigenvalue weighted by Crippen LogP contribution is -2.36. The molecular weight excluding hydrogens is 420 g/mol. The van der Waals surface area contributed by atoms with Crippen LogP contribution in [0.3, 0.4) is 0 Å². The van der Waals surface area contributed by atoms with E-state index in [-0.39, 0.29) is 18.2 Å². The summed E-state index contributed by atoms with van der Waals surface area (Å²) in [5.41, 5.74) is 5.01. The molecule has 0 saturated heterocycles. The summed E-state index contributed by atoms with van der Waals surface area (Å²) in [4.78, 5) is 19.4. The minimum Gasteiger partial charge on any atom is -0.490 e. The number of fused-ring (bicyclic) bond motifs is 1. The molecule has 1 aromatic heterocycles. The van der Waals surface area contributed by atoms with Crippen LogP contribution in [-0.4, -0.2) is 36.1 Å². The molecule has 0 aliphatic heterocycles. The number of carbonyl (C=O) groups excluding carboxylic acids is 1. The average Bonchev–Trinajstić information content (AvgIpc) is 3.41. The zero-order valence-corrected chi connectivity index (χ0v) is 19.5. The summed E-state index contributed by atoms with van der Waals surface area (Å²) in [5.74, 6) is 0.592. The van der Waals surface area contributed by atoms with Crippen LogP contribution in [0.15, 0.2) is 42.6 Å². The number of thiazole rings is 1. The first-order valence-electron chi connectivity index (χ1n) is 10.6. The van der Waals surface area contributed by atoms with Gasteiger partial charge < -0.3 is 15.0 Å². The molecule has 2 aromatic carbocycles. The van der Waals surface area contributed by atoms with E-state index in [4.69, 9.17) is 4.74 Å². The Hall–Kier alpha value is -3.37. The number of hydrogen-bond donors (Lipinski definition) is 1. The molecule has 7 heteroatoms.